The SMILES string of the molecule is CCC(N)Cc1ccc(Cl)cc1-n1ccc(C(C)C)n1. The van der Waals surface area contributed by atoms with Crippen LogP contribution in [0.1, 0.15) is 44.4 Å². The van der Waals surface area contributed by atoms with Crippen LogP contribution in [-0.2, 0) is 6.42 Å². The molecule has 2 N–H and O–H groups in total. The van der Waals surface area contributed by atoms with E-state index in [1.165, 1.54) is 5.56 Å². The van der Waals surface area contributed by atoms with Crippen molar-refractivity contribution in [1.29, 1.82) is 0 Å². The molecule has 1 aromatic heterocycles. The molecule has 1 heterocycles. The fourth-order valence-electron chi connectivity index (χ4n) is 2.13. The number of rotatable bonds is 5. The Balaban J connectivity index is 2.39. The summed E-state index contributed by atoms with van der Waals surface area (Å²) in [6.07, 6.45) is 3.78. The second-order valence-corrected chi connectivity index (χ2v) is 5.92. The topological polar surface area (TPSA) is 43.8 Å². The molecule has 0 aliphatic rings. The van der Waals surface area contributed by atoms with Crippen LogP contribution in [0.25, 0.3) is 5.69 Å². The van der Waals surface area contributed by atoms with Crippen molar-refractivity contribution in [2.24, 2.45) is 5.73 Å². The average Bonchev–Trinajstić information content (AvgIpc) is 2.90. The Labute approximate surface area is 125 Å². The summed E-state index contributed by atoms with van der Waals surface area (Å²) in [7, 11) is 0. The van der Waals surface area contributed by atoms with E-state index in [-0.39, 0.29) is 6.04 Å². The lowest BCUT2D eigenvalue weighted by molar-refractivity contribution is 0.641. The van der Waals surface area contributed by atoms with E-state index in [0.717, 1.165) is 29.2 Å². The highest BCUT2D eigenvalue weighted by atomic mass is 35.5. The van der Waals surface area contributed by atoms with Gasteiger partial charge in [-0.3, -0.25) is 0 Å². The Morgan fingerprint density at radius 1 is 1.30 bits per heavy atom. The largest absolute Gasteiger partial charge is 0.327 e. The van der Waals surface area contributed by atoms with Crippen LogP contribution in [0.5, 0.6) is 0 Å². The number of hydrogen-bond donors (Lipinski definition) is 1. The van der Waals surface area contributed by atoms with Gasteiger partial charge in [0.2, 0.25) is 0 Å². The summed E-state index contributed by atoms with van der Waals surface area (Å²) in [6, 6.07) is 8.13. The minimum atomic E-state index is 0.162. The molecule has 4 heteroatoms. The maximum atomic E-state index is 6.13. The van der Waals surface area contributed by atoms with Crippen molar-refractivity contribution in [3.63, 3.8) is 0 Å². The lowest BCUT2D eigenvalue weighted by atomic mass is 10.0. The molecule has 3 nitrogen and oxygen atoms in total. The maximum absolute atomic E-state index is 6.13. The van der Waals surface area contributed by atoms with Crippen molar-refractivity contribution in [3.05, 3.63) is 46.7 Å². The molecule has 1 unspecified atom stereocenters. The Bertz CT molecular complexity index is 575. The monoisotopic (exact) mass is 291 g/mol. The molecule has 0 saturated heterocycles. The molecule has 0 bridgehead atoms. The summed E-state index contributed by atoms with van der Waals surface area (Å²) in [5, 5.41) is 5.35. The number of halogens is 1. The van der Waals surface area contributed by atoms with Gasteiger partial charge in [0.15, 0.2) is 0 Å². The van der Waals surface area contributed by atoms with Crippen molar-refractivity contribution in [2.75, 3.05) is 0 Å². The summed E-state index contributed by atoms with van der Waals surface area (Å²) >= 11 is 6.13. The number of aromatic nitrogens is 2. The van der Waals surface area contributed by atoms with Crippen LogP contribution in [0.4, 0.5) is 0 Å². The first-order valence-corrected chi connectivity index (χ1v) is 7.49. The first-order valence-electron chi connectivity index (χ1n) is 7.11. The molecular weight excluding hydrogens is 270 g/mol. The predicted octanol–water partition coefficient (Wildman–Crippen LogP) is 3.93. The van der Waals surface area contributed by atoms with Crippen LogP contribution in [0.2, 0.25) is 5.02 Å². The Hall–Kier alpha value is -1.32. The van der Waals surface area contributed by atoms with E-state index in [4.69, 9.17) is 17.3 Å². The van der Waals surface area contributed by atoms with Crippen molar-refractivity contribution in [2.45, 2.75) is 45.6 Å². The van der Waals surface area contributed by atoms with Crippen LogP contribution in [-0.4, -0.2) is 15.8 Å². The molecule has 108 valence electrons. The number of nitrogens with two attached hydrogens (primary N) is 1. The fraction of sp³-hybridized carbons (Fsp3) is 0.438. The lowest BCUT2D eigenvalue weighted by Gasteiger charge is -2.14. The van der Waals surface area contributed by atoms with E-state index in [1.807, 2.05) is 29.1 Å². The molecule has 2 rings (SSSR count). The van der Waals surface area contributed by atoms with Gasteiger partial charge in [0.25, 0.3) is 0 Å². The zero-order valence-corrected chi connectivity index (χ0v) is 13.1. The van der Waals surface area contributed by atoms with E-state index in [0.29, 0.717) is 5.92 Å². The standard InChI is InChI=1S/C16H22ClN3/c1-4-14(18)9-12-5-6-13(17)10-16(12)20-8-7-15(19-20)11(2)3/h5-8,10-11,14H,4,9,18H2,1-3H3. The second-order valence-electron chi connectivity index (χ2n) is 5.49. The number of benzene rings is 1. The van der Waals surface area contributed by atoms with E-state index in [9.17, 15) is 0 Å². The van der Waals surface area contributed by atoms with Crippen LogP contribution in [0.15, 0.2) is 30.5 Å². The molecule has 0 amide bonds. The van der Waals surface area contributed by atoms with E-state index in [1.54, 1.807) is 0 Å². The second kappa shape index (κ2) is 6.42. The Morgan fingerprint density at radius 2 is 2.05 bits per heavy atom. The molecule has 1 atom stereocenters. The van der Waals surface area contributed by atoms with Crippen LogP contribution in [0.3, 0.4) is 0 Å². The predicted molar refractivity (Wildman–Crippen MR) is 84.6 cm³/mol. The van der Waals surface area contributed by atoms with Crippen molar-refractivity contribution >= 4 is 11.6 Å². The quantitative estimate of drug-likeness (QED) is 0.907. The first kappa shape index (κ1) is 15.1. The Kier molecular flexibility index (Phi) is 4.84. The van der Waals surface area contributed by atoms with Gasteiger partial charge in [0.05, 0.1) is 11.4 Å². The molecular formula is C16H22ClN3. The third-order valence-electron chi connectivity index (χ3n) is 3.50. The van der Waals surface area contributed by atoms with Crippen molar-refractivity contribution < 1.29 is 0 Å². The minimum absolute atomic E-state index is 0.162. The first-order chi connectivity index (χ1) is 9.51. The summed E-state index contributed by atoms with van der Waals surface area (Å²) in [5.74, 6) is 0.414. The van der Waals surface area contributed by atoms with Gasteiger partial charge in [0, 0.05) is 17.3 Å². The van der Waals surface area contributed by atoms with Gasteiger partial charge in [0.1, 0.15) is 0 Å². The van der Waals surface area contributed by atoms with Crippen molar-refractivity contribution in [1.82, 2.24) is 9.78 Å². The molecule has 0 saturated carbocycles. The van der Waals surface area contributed by atoms with Crippen LogP contribution >= 0.6 is 11.6 Å². The molecule has 0 aliphatic heterocycles. The number of hydrogen-bond acceptors (Lipinski definition) is 2. The van der Waals surface area contributed by atoms with Gasteiger partial charge in [-0.1, -0.05) is 38.4 Å². The lowest BCUT2D eigenvalue weighted by Crippen LogP contribution is -2.22. The van der Waals surface area contributed by atoms with Gasteiger partial charge in [-0.15, -0.1) is 0 Å². The molecule has 2 aromatic rings. The molecule has 0 aliphatic carbocycles. The van der Waals surface area contributed by atoms with Crippen LogP contribution in [0, 0.1) is 0 Å². The van der Waals surface area contributed by atoms with E-state index >= 15 is 0 Å². The van der Waals surface area contributed by atoms with Crippen molar-refractivity contribution in [3.8, 4) is 5.69 Å². The normalized spacial score (nSPS) is 12.9. The maximum Gasteiger partial charge on any atom is 0.0693 e. The van der Waals surface area contributed by atoms with E-state index in [2.05, 4.69) is 31.9 Å². The van der Waals surface area contributed by atoms with Gasteiger partial charge in [-0.05, 0) is 42.5 Å². The highest BCUT2D eigenvalue weighted by Crippen LogP contribution is 2.22. The summed E-state index contributed by atoms with van der Waals surface area (Å²) in [6.45, 7) is 6.38. The molecule has 0 radical (unpaired) electrons. The zero-order valence-electron chi connectivity index (χ0n) is 12.3. The summed E-state index contributed by atoms with van der Waals surface area (Å²) in [4.78, 5) is 0. The minimum Gasteiger partial charge on any atom is -0.327 e. The number of nitrogens with zero attached hydrogens (tertiary/aromatic N) is 2. The molecule has 0 fully saturated rings. The average molecular weight is 292 g/mol. The molecule has 1 aromatic carbocycles. The fourth-order valence-corrected chi connectivity index (χ4v) is 2.30. The van der Waals surface area contributed by atoms with Gasteiger partial charge in [-0.2, -0.15) is 5.10 Å². The highest BCUT2D eigenvalue weighted by molar-refractivity contribution is 6.30. The third-order valence-corrected chi connectivity index (χ3v) is 3.74. The highest BCUT2D eigenvalue weighted by Gasteiger charge is 2.11. The van der Waals surface area contributed by atoms with Gasteiger partial charge < -0.3 is 5.73 Å². The van der Waals surface area contributed by atoms with E-state index < -0.39 is 0 Å². The zero-order chi connectivity index (χ0) is 14.7. The summed E-state index contributed by atoms with van der Waals surface area (Å²) < 4.78 is 1.90. The third kappa shape index (κ3) is 3.41. The molecule has 0 spiro atoms. The van der Waals surface area contributed by atoms with Gasteiger partial charge >= 0.3 is 0 Å². The molecule has 20 heavy (non-hydrogen) atoms. The van der Waals surface area contributed by atoms with Gasteiger partial charge in [-0.25, -0.2) is 4.68 Å². The van der Waals surface area contributed by atoms with Crippen LogP contribution < -0.4 is 5.73 Å². The summed E-state index contributed by atoms with van der Waals surface area (Å²) in [5.41, 5.74) is 9.36. The Morgan fingerprint density at radius 3 is 2.65 bits per heavy atom. The smallest absolute Gasteiger partial charge is 0.0693 e.